The largest absolute Gasteiger partial charge is 0.484 e. The van der Waals surface area contributed by atoms with Crippen LogP contribution in [0.3, 0.4) is 0 Å². The Labute approximate surface area is 138 Å². The molecule has 0 unspecified atom stereocenters. The summed E-state index contributed by atoms with van der Waals surface area (Å²) in [5.74, 6) is -1.12. The van der Waals surface area contributed by atoms with Crippen molar-refractivity contribution in [2.45, 2.75) is 26.3 Å². The molecule has 0 radical (unpaired) electrons. The molecule has 0 aliphatic carbocycles. The predicted octanol–water partition coefficient (Wildman–Crippen LogP) is 1.79. The van der Waals surface area contributed by atoms with Gasteiger partial charge in [0.1, 0.15) is 17.4 Å². The second kappa shape index (κ2) is 7.63. The molecule has 2 rings (SSSR count). The number of nitrogens with one attached hydrogen (secondary N) is 1. The summed E-state index contributed by atoms with van der Waals surface area (Å²) >= 11 is 0. The van der Waals surface area contributed by atoms with Crippen LogP contribution in [0.5, 0.6) is 5.75 Å². The third-order valence-electron chi connectivity index (χ3n) is 3.30. The maximum Gasteiger partial charge on any atom is 0.336 e. The zero-order valence-corrected chi connectivity index (χ0v) is 13.4. The Morgan fingerprint density at radius 1 is 1.25 bits per heavy atom. The van der Waals surface area contributed by atoms with E-state index in [9.17, 15) is 14.4 Å². The minimum Gasteiger partial charge on any atom is -0.484 e. The summed E-state index contributed by atoms with van der Waals surface area (Å²) in [7, 11) is 0. The fourth-order valence-electron chi connectivity index (χ4n) is 2.21. The van der Waals surface area contributed by atoms with Gasteiger partial charge in [-0.15, -0.1) is 0 Å². The Balaban J connectivity index is 1.98. The molecule has 2 aromatic rings. The number of ether oxygens (including phenoxy) is 1. The quantitative estimate of drug-likeness (QED) is 0.748. The lowest BCUT2D eigenvalue weighted by Gasteiger charge is -2.16. The summed E-state index contributed by atoms with van der Waals surface area (Å²) in [4.78, 5) is 34.2. The summed E-state index contributed by atoms with van der Waals surface area (Å²) in [5, 5.41) is 12.3. The van der Waals surface area contributed by atoms with Gasteiger partial charge in [0.2, 0.25) is 0 Å². The van der Waals surface area contributed by atoms with E-state index in [1.54, 1.807) is 18.2 Å². The summed E-state index contributed by atoms with van der Waals surface area (Å²) in [6.45, 7) is 3.42. The third-order valence-corrected chi connectivity index (χ3v) is 3.30. The first-order chi connectivity index (χ1) is 11.3. The number of carbonyl (C=O) groups excluding carboxylic acids is 1. The number of rotatable bonds is 7. The minimum atomic E-state index is -1.08. The van der Waals surface area contributed by atoms with Crippen molar-refractivity contribution in [3.63, 3.8) is 0 Å². The number of carboxylic acid groups (broad SMARTS) is 1. The van der Waals surface area contributed by atoms with E-state index in [0.29, 0.717) is 17.8 Å². The first-order valence-corrected chi connectivity index (χ1v) is 7.54. The molecule has 2 N–H and O–H groups in total. The summed E-state index contributed by atoms with van der Waals surface area (Å²) in [5.41, 5.74) is -0.126. The van der Waals surface area contributed by atoms with Crippen molar-refractivity contribution < 1.29 is 23.8 Å². The molecule has 0 saturated carbocycles. The summed E-state index contributed by atoms with van der Waals surface area (Å²) < 4.78 is 10.4. The van der Waals surface area contributed by atoms with Gasteiger partial charge in [-0.1, -0.05) is 13.8 Å². The monoisotopic (exact) mass is 333 g/mol. The van der Waals surface area contributed by atoms with Crippen molar-refractivity contribution in [3.05, 3.63) is 40.8 Å². The number of carboxylic acids is 1. The van der Waals surface area contributed by atoms with Gasteiger partial charge in [-0.3, -0.25) is 4.79 Å². The van der Waals surface area contributed by atoms with E-state index < -0.39 is 23.5 Å². The molecule has 1 aromatic heterocycles. The van der Waals surface area contributed by atoms with Crippen LogP contribution >= 0.6 is 0 Å². The lowest BCUT2D eigenvalue weighted by molar-refractivity contribution is -0.142. The van der Waals surface area contributed by atoms with Crippen LogP contribution in [-0.2, 0) is 9.59 Å². The molecule has 0 saturated heterocycles. The normalized spacial score (nSPS) is 12.1. The van der Waals surface area contributed by atoms with Gasteiger partial charge in [-0.05, 0) is 30.5 Å². The van der Waals surface area contributed by atoms with Crippen molar-refractivity contribution in [2.75, 3.05) is 6.61 Å². The van der Waals surface area contributed by atoms with Crippen molar-refractivity contribution in [3.8, 4) is 5.75 Å². The third kappa shape index (κ3) is 4.84. The Hall–Kier alpha value is -2.83. The van der Waals surface area contributed by atoms with Crippen molar-refractivity contribution in [2.24, 2.45) is 5.92 Å². The lowest BCUT2D eigenvalue weighted by atomic mass is 10.0. The molecule has 24 heavy (non-hydrogen) atoms. The number of carbonyl (C=O) groups is 2. The number of benzene rings is 1. The van der Waals surface area contributed by atoms with Gasteiger partial charge >= 0.3 is 11.6 Å². The van der Waals surface area contributed by atoms with Crippen molar-refractivity contribution in [1.29, 1.82) is 0 Å². The van der Waals surface area contributed by atoms with Gasteiger partial charge in [0.05, 0.1) is 0 Å². The highest BCUT2D eigenvalue weighted by Crippen LogP contribution is 2.19. The van der Waals surface area contributed by atoms with Gasteiger partial charge in [-0.25, -0.2) is 9.59 Å². The van der Waals surface area contributed by atoms with Crippen LogP contribution in [0.2, 0.25) is 0 Å². The van der Waals surface area contributed by atoms with E-state index in [0.717, 1.165) is 5.39 Å². The summed E-state index contributed by atoms with van der Waals surface area (Å²) in [6, 6.07) is 6.84. The number of aliphatic carboxylic acids is 1. The molecule has 0 aliphatic rings. The lowest BCUT2D eigenvalue weighted by Crippen LogP contribution is -2.43. The van der Waals surface area contributed by atoms with Gasteiger partial charge in [0, 0.05) is 17.5 Å². The van der Waals surface area contributed by atoms with E-state index in [2.05, 4.69) is 5.32 Å². The zero-order valence-electron chi connectivity index (χ0n) is 13.4. The molecule has 0 bridgehead atoms. The van der Waals surface area contributed by atoms with Crippen LogP contribution in [0.1, 0.15) is 20.3 Å². The summed E-state index contributed by atoms with van der Waals surface area (Å²) in [6.07, 6.45) is 0.336. The Morgan fingerprint density at radius 3 is 2.62 bits per heavy atom. The molecule has 1 atom stereocenters. The average molecular weight is 333 g/mol. The van der Waals surface area contributed by atoms with Gasteiger partial charge in [-0.2, -0.15) is 0 Å². The minimum absolute atomic E-state index is 0.135. The molecule has 1 amide bonds. The topological polar surface area (TPSA) is 106 Å². The maximum atomic E-state index is 11.9. The predicted molar refractivity (Wildman–Crippen MR) is 87.0 cm³/mol. The zero-order chi connectivity index (χ0) is 17.7. The fraction of sp³-hybridized carbons (Fsp3) is 0.353. The first kappa shape index (κ1) is 17.5. The van der Waals surface area contributed by atoms with Crippen molar-refractivity contribution in [1.82, 2.24) is 5.32 Å². The van der Waals surface area contributed by atoms with Gasteiger partial charge in [0.15, 0.2) is 6.61 Å². The number of fused-ring (bicyclic) bond motifs is 1. The molecule has 1 heterocycles. The Bertz CT molecular complexity index is 795. The molecule has 128 valence electrons. The maximum absolute atomic E-state index is 11.9. The standard InChI is InChI=1S/C17H19NO6/c1-10(2)7-13(17(21)22)18-15(19)9-23-12-5-3-11-4-6-16(20)24-14(11)8-12/h3-6,8,10,13H,7,9H2,1-2H3,(H,18,19)(H,21,22)/t13-/m1/s1. The Morgan fingerprint density at radius 2 is 1.96 bits per heavy atom. The van der Waals surface area contributed by atoms with Gasteiger partial charge in [0.25, 0.3) is 5.91 Å². The van der Waals surface area contributed by atoms with Crippen LogP contribution in [0.25, 0.3) is 11.0 Å². The molecular weight excluding hydrogens is 314 g/mol. The molecule has 0 spiro atoms. The van der Waals surface area contributed by atoms with E-state index in [1.165, 1.54) is 12.1 Å². The average Bonchev–Trinajstić information content (AvgIpc) is 2.51. The molecular formula is C17H19NO6. The van der Waals surface area contributed by atoms with E-state index in [-0.39, 0.29) is 12.5 Å². The van der Waals surface area contributed by atoms with Crippen LogP contribution in [0, 0.1) is 5.92 Å². The highest BCUT2D eigenvalue weighted by atomic mass is 16.5. The van der Waals surface area contributed by atoms with E-state index in [1.807, 2.05) is 13.8 Å². The first-order valence-electron chi connectivity index (χ1n) is 7.54. The molecule has 0 fully saturated rings. The SMILES string of the molecule is CC(C)C[C@@H](NC(=O)COc1ccc2ccc(=O)oc2c1)C(=O)O. The molecule has 0 aliphatic heterocycles. The fourth-order valence-corrected chi connectivity index (χ4v) is 2.21. The second-order valence-corrected chi connectivity index (χ2v) is 5.83. The highest BCUT2D eigenvalue weighted by Gasteiger charge is 2.21. The second-order valence-electron chi connectivity index (χ2n) is 5.83. The molecule has 1 aromatic carbocycles. The number of hydrogen-bond donors (Lipinski definition) is 2. The molecule has 7 nitrogen and oxygen atoms in total. The Kier molecular flexibility index (Phi) is 5.57. The number of amides is 1. The van der Waals surface area contributed by atoms with Crippen molar-refractivity contribution >= 4 is 22.8 Å². The number of hydrogen-bond acceptors (Lipinski definition) is 5. The van der Waals surface area contributed by atoms with Crippen LogP contribution < -0.4 is 15.7 Å². The van der Waals surface area contributed by atoms with Crippen LogP contribution in [0.4, 0.5) is 0 Å². The highest BCUT2D eigenvalue weighted by molar-refractivity contribution is 5.84. The van der Waals surface area contributed by atoms with Crippen LogP contribution in [0.15, 0.2) is 39.5 Å². The molecule has 7 heteroatoms. The van der Waals surface area contributed by atoms with Gasteiger partial charge < -0.3 is 19.6 Å². The van der Waals surface area contributed by atoms with Crippen LogP contribution in [-0.4, -0.2) is 29.6 Å². The smallest absolute Gasteiger partial charge is 0.336 e. The van der Waals surface area contributed by atoms with E-state index >= 15 is 0 Å². The van der Waals surface area contributed by atoms with E-state index in [4.69, 9.17) is 14.3 Å².